The van der Waals surface area contributed by atoms with Crippen LogP contribution in [0, 0.1) is 6.20 Å². The Morgan fingerprint density at radius 2 is 2.58 bits per heavy atom. The number of nitrogens with one attached hydrogen (secondary N) is 2. The van der Waals surface area contributed by atoms with E-state index in [0.717, 1.165) is 23.3 Å². The van der Waals surface area contributed by atoms with Crippen LogP contribution in [0.1, 0.15) is 6.92 Å². The third-order valence-electron chi connectivity index (χ3n) is 1.65. The van der Waals surface area contributed by atoms with Crippen molar-refractivity contribution < 1.29 is 0 Å². The van der Waals surface area contributed by atoms with Crippen molar-refractivity contribution >= 4 is 16.7 Å². The number of anilines is 1. The fourth-order valence-corrected chi connectivity index (χ4v) is 1.11. The van der Waals surface area contributed by atoms with Gasteiger partial charge >= 0.3 is 0 Å². The molecule has 0 spiro atoms. The van der Waals surface area contributed by atoms with E-state index in [-0.39, 0.29) is 0 Å². The Kier molecular flexibility index (Phi) is 1.66. The van der Waals surface area contributed by atoms with E-state index in [2.05, 4.69) is 26.7 Å². The number of fused-ring (bicyclic) bond motifs is 1. The molecule has 0 fully saturated rings. The second-order valence-electron chi connectivity index (χ2n) is 2.46. The molecule has 0 aliphatic heterocycles. The lowest BCUT2D eigenvalue weighted by Crippen LogP contribution is -1.96. The van der Waals surface area contributed by atoms with Crippen LogP contribution in [0.4, 0.5) is 5.82 Å². The molecule has 2 aromatic heterocycles. The molecule has 61 valence electrons. The molecule has 0 saturated carbocycles. The fourth-order valence-electron chi connectivity index (χ4n) is 1.11. The molecular weight excluding hydrogens is 152 g/mol. The van der Waals surface area contributed by atoms with E-state index in [1.807, 2.05) is 6.92 Å². The topological polar surface area (TPSA) is 53.6 Å². The number of aromatic nitrogens is 3. The minimum absolute atomic E-state index is 0.856. The zero-order valence-electron chi connectivity index (χ0n) is 6.76. The minimum Gasteiger partial charge on any atom is -0.368 e. The van der Waals surface area contributed by atoms with Gasteiger partial charge in [-0.3, -0.25) is 10.1 Å². The van der Waals surface area contributed by atoms with E-state index in [0.29, 0.717) is 0 Å². The number of H-pyrrole nitrogens is 1. The zero-order chi connectivity index (χ0) is 8.39. The summed E-state index contributed by atoms with van der Waals surface area (Å²) in [5.74, 6) is 0.856. The summed E-state index contributed by atoms with van der Waals surface area (Å²) in [6.07, 6.45) is 4.49. The maximum atomic E-state index is 4.09. The van der Waals surface area contributed by atoms with Gasteiger partial charge in [0, 0.05) is 12.7 Å². The van der Waals surface area contributed by atoms with Crippen LogP contribution in [0.25, 0.3) is 10.9 Å². The summed E-state index contributed by atoms with van der Waals surface area (Å²) < 4.78 is 0. The first-order chi connectivity index (χ1) is 5.92. The fraction of sp³-hybridized carbons (Fsp3) is 0.250. The van der Waals surface area contributed by atoms with Crippen molar-refractivity contribution in [2.45, 2.75) is 6.92 Å². The van der Waals surface area contributed by atoms with E-state index in [4.69, 9.17) is 0 Å². The highest BCUT2D eigenvalue weighted by Crippen LogP contribution is 2.17. The Labute approximate surface area is 70.0 Å². The highest BCUT2D eigenvalue weighted by Gasteiger charge is 2.02. The third-order valence-corrected chi connectivity index (χ3v) is 1.65. The average Bonchev–Trinajstić information content (AvgIpc) is 2.50. The van der Waals surface area contributed by atoms with Crippen molar-refractivity contribution in [2.75, 3.05) is 11.9 Å². The molecule has 1 radical (unpaired) electrons. The van der Waals surface area contributed by atoms with E-state index >= 15 is 0 Å². The Morgan fingerprint density at radius 3 is 3.42 bits per heavy atom. The second-order valence-corrected chi connectivity index (χ2v) is 2.46. The molecule has 0 aliphatic rings. The number of hydrogen-bond acceptors (Lipinski definition) is 3. The SMILES string of the molecule is CCNc1n[nH]c2c[c]ncc12. The van der Waals surface area contributed by atoms with Crippen LogP contribution in [0.3, 0.4) is 0 Å². The van der Waals surface area contributed by atoms with Crippen LogP contribution in [0.15, 0.2) is 12.3 Å². The van der Waals surface area contributed by atoms with Gasteiger partial charge in [0.15, 0.2) is 5.82 Å². The van der Waals surface area contributed by atoms with Crippen molar-refractivity contribution in [1.29, 1.82) is 0 Å². The molecule has 2 heterocycles. The quantitative estimate of drug-likeness (QED) is 0.695. The summed E-state index contributed by atoms with van der Waals surface area (Å²) in [5.41, 5.74) is 0.959. The van der Waals surface area contributed by atoms with Gasteiger partial charge in [-0.05, 0) is 13.0 Å². The van der Waals surface area contributed by atoms with Crippen LogP contribution in [-0.4, -0.2) is 21.7 Å². The Bertz CT molecular complexity index is 379. The van der Waals surface area contributed by atoms with Crippen LogP contribution >= 0.6 is 0 Å². The molecule has 0 amide bonds. The lowest BCUT2D eigenvalue weighted by molar-refractivity contribution is 1.08. The van der Waals surface area contributed by atoms with Gasteiger partial charge in [0.25, 0.3) is 0 Å². The normalized spacial score (nSPS) is 10.4. The zero-order valence-corrected chi connectivity index (χ0v) is 6.76. The Balaban J connectivity index is 2.55. The van der Waals surface area contributed by atoms with Gasteiger partial charge in [-0.1, -0.05) is 0 Å². The summed E-state index contributed by atoms with van der Waals surface area (Å²) in [5, 5.41) is 11.1. The first kappa shape index (κ1) is 7.09. The van der Waals surface area contributed by atoms with Crippen molar-refractivity contribution in [1.82, 2.24) is 15.2 Å². The summed E-state index contributed by atoms with van der Waals surface area (Å²) in [7, 11) is 0. The third kappa shape index (κ3) is 1.01. The highest BCUT2D eigenvalue weighted by molar-refractivity contribution is 5.88. The molecular formula is C8H9N4. The standard InChI is InChI=1S/C8H9N4/c1-2-10-8-6-5-9-4-3-7(6)11-12-8/h3,5H,2H2,1H3,(H2,10,11,12). The molecule has 0 saturated heterocycles. The molecule has 0 unspecified atom stereocenters. The highest BCUT2D eigenvalue weighted by atomic mass is 15.2. The number of rotatable bonds is 2. The van der Waals surface area contributed by atoms with Gasteiger partial charge in [-0.2, -0.15) is 5.10 Å². The van der Waals surface area contributed by atoms with Crippen LogP contribution in [0.5, 0.6) is 0 Å². The molecule has 0 aliphatic carbocycles. The van der Waals surface area contributed by atoms with Crippen LogP contribution in [-0.2, 0) is 0 Å². The maximum absolute atomic E-state index is 4.09. The lowest BCUT2D eigenvalue weighted by Gasteiger charge is -1.95. The van der Waals surface area contributed by atoms with Gasteiger partial charge in [-0.15, -0.1) is 0 Å². The number of aromatic amines is 1. The molecule has 4 heteroatoms. The van der Waals surface area contributed by atoms with E-state index < -0.39 is 0 Å². The summed E-state index contributed by atoms with van der Waals surface area (Å²) in [6.45, 7) is 2.89. The molecule has 2 N–H and O–H groups in total. The molecule has 0 bridgehead atoms. The second kappa shape index (κ2) is 2.81. The molecule has 12 heavy (non-hydrogen) atoms. The van der Waals surface area contributed by atoms with E-state index in [1.54, 1.807) is 12.3 Å². The van der Waals surface area contributed by atoms with Crippen molar-refractivity contribution in [2.24, 2.45) is 0 Å². The Hall–Kier alpha value is -1.58. The van der Waals surface area contributed by atoms with Gasteiger partial charge in [0.05, 0.1) is 17.1 Å². The molecule has 0 atom stereocenters. The van der Waals surface area contributed by atoms with Gasteiger partial charge in [0.2, 0.25) is 0 Å². The largest absolute Gasteiger partial charge is 0.368 e. The number of hydrogen-bond donors (Lipinski definition) is 2. The molecule has 4 nitrogen and oxygen atoms in total. The van der Waals surface area contributed by atoms with Gasteiger partial charge in [-0.25, -0.2) is 0 Å². The van der Waals surface area contributed by atoms with Crippen LogP contribution < -0.4 is 5.32 Å². The van der Waals surface area contributed by atoms with E-state index in [1.165, 1.54) is 0 Å². The van der Waals surface area contributed by atoms with Crippen molar-refractivity contribution in [3.63, 3.8) is 0 Å². The minimum atomic E-state index is 0.856. The lowest BCUT2D eigenvalue weighted by atomic mass is 10.3. The molecule has 2 rings (SSSR count). The first-order valence-electron chi connectivity index (χ1n) is 3.86. The molecule has 0 aromatic carbocycles. The Morgan fingerprint density at radius 1 is 1.67 bits per heavy atom. The smallest absolute Gasteiger partial charge is 0.157 e. The monoisotopic (exact) mass is 161 g/mol. The predicted molar refractivity (Wildman–Crippen MR) is 46.9 cm³/mol. The molecule has 2 aromatic rings. The summed E-state index contributed by atoms with van der Waals surface area (Å²) in [6, 6.07) is 1.78. The maximum Gasteiger partial charge on any atom is 0.157 e. The van der Waals surface area contributed by atoms with Crippen molar-refractivity contribution in [3.8, 4) is 0 Å². The summed E-state index contributed by atoms with van der Waals surface area (Å²) >= 11 is 0. The summed E-state index contributed by atoms with van der Waals surface area (Å²) in [4.78, 5) is 3.90. The average molecular weight is 161 g/mol. The van der Waals surface area contributed by atoms with Gasteiger partial charge < -0.3 is 5.32 Å². The number of nitrogens with zero attached hydrogens (tertiary/aromatic N) is 2. The van der Waals surface area contributed by atoms with Crippen LogP contribution in [0.2, 0.25) is 0 Å². The number of pyridine rings is 1. The van der Waals surface area contributed by atoms with Crippen molar-refractivity contribution in [3.05, 3.63) is 18.5 Å². The van der Waals surface area contributed by atoms with E-state index in [9.17, 15) is 0 Å². The predicted octanol–water partition coefficient (Wildman–Crippen LogP) is 1.19. The first-order valence-corrected chi connectivity index (χ1v) is 3.86. The van der Waals surface area contributed by atoms with Gasteiger partial charge in [0.1, 0.15) is 0 Å².